The minimum Gasteiger partial charge on any atom is -0.311 e. The molecule has 0 aliphatic heterocycles. The van der Waals surface area contributed by atoms with Crippen LogP contribution >= 0.6 is 22.9 Å². The fourth-order valence-electron chi connectivity index (χ4n) is 2.85. The number of thiazole rings is 1. The summed E-state index contributed by atoms with van der Waals surface area (Å²) in [6.07, 6.45) is 1.74. The Balaban J connectivity index is 1.42. The van der Waals surface area contributed by atoms with E-state index >= 15 is 0 Å². The lowest BCUT2D eigenvalue weighted by Gasteiger charge is -2.09. The molecule has 1 amide bonds. The van der Waals surface area contributed by atoms with Crippen molar-refractivity contribution in [1.29, 1.82) is 0 Å². The Kier molecular flexibility index (Phi) is 5.69. The molecule has 146 valence electrons. The lowest BCUT2D eigenvalue weighted by atomic mass is 10.2. The van der Waals surface area contributed by atoms with E-state index in [9.17, 15) is 9.18 Å². The number of amides is 1. The first-order chi connectivity index (χ1) is 14.1. The second-order valence-corrected chi connectivity index (χ2v) is 7.61. The van der Waals surface area contributed by atoms with Crippen LogP contribution in [0.1, 0.15) is 11.3 Å². The maximum atomic E-state index is 13.4. The van der Waals surface area contributed by atoms with Crippen LogP contribution in [-0.2, 0) is 17.8 Å². The predicted octanol–water partition coefficient (Wildman–Crippen LogP) is 5.03. The van der Waals surface area contributed by atoms with Gasteiger partial charge in [0.15, 0.2) is 0 Å². The summed E-state index contributed by atoms with van der Waals surface area (Å²) in [5.74, 6) is 0.0567. The van der Waals surface area contributed by atoms with Crippen LogP contribution in [0.4, 0.5) is 10.2 Å². The van der Waals surface area contributed by atoms with Gasteiger partial charge in [-0.3, -0.25) is 4.79 Å². The van der Waals surface area contributed by atoms with Crippen molar-refractivity contribution in [2.75, 3.05) is 5.32 Å². The smallest absolute Gasteiger partial charge is 0.231 e. The molecule has 2 aromatic heterocycles. The summed E-state index contributed by atoms with van der Waals surface area (Å²) in [5.41, 5.74) is 2.23. The Morgan fingerprint density at radius 3 is 2.86 bits per heavy atom. The minimum atomic E-state index is -0.316. The Morgan fingerprint density at radius 2 is 2.03 bits per heavy atom. The maximum absolute atomic E-state index is 13.4. The second kappa shape index (κ2) is 8.55. The highest BCUT2D eigenvalue weighted by Crippen LogP contribution is 2.24. The molecule has 0 saturated carbocycles. The fraction of sp³-hybridized carbons (Fsp3) is 0.0952. The molecular formula is C21H16ClFN4OS. The zero-order chi connectivity index (χ0) is 20.2. The van der Waals surface area contributed by atoms with Gasteiger partial charge in [0.25, 0.3) is 0 Å². The van der Waals surface area contributed by atoms with Gasteiger partial charge in [0.1, 0.15) is 16.6 Å². The van der Waals surface area contributed by atoms with Crippen molar-refractivity contribution >= 4 is 34.7 Å². The molecule has 0 radical (unpaired) electrons. The first-order valence-corrected chi connectivity index (χ1v) is 10.1. The van der Waals surface area contributed by atoms with Crippen LogP contribution in [0.15, 0.2) is 66.2 Å². The molecule has 1 N–H and O–H groups in total. The summed E-state index contributed by atoms with van der Waals surface area (Å²) >= 11 is 7.59. The van der Waals surface area contributed by atoms with Gasteiger partial charge in [-0.25, -0.2) is 14.1 Å². The molecule has 4 rings (SSSR count). The van der Waals surface area contributed by atoms with Crippen molar-refractivity contribution in [3.8, 4) is 10.6 Å². The normalized spacial score (nSPS) is 10.8. The average molecular weight is 427 g/mol. The van der Waals surface area contributed by atoms with Gasteiger partial charge in [-0.1, -0.05) is 41.9 Å². The Bertz CT molecular complexity index is 1160. The highest BCUT2D eigenvalue weighted by molar-refractivity contribution is 7.13. The lowest BCUT2D eigenvalue weighted by molar-refractivity contribution is -0.115. The molecule has 4 aromatic rings. The van der Waals surface area contributed by atoms with Crippen molar-refractivity contribution in [3.05, 3.63) is 88.3 Å². The number of hydrogen-bond acceptors (Lipinski definition) is 4. The van der Waals surface area contributed by atoms with Crippen LogP contribution < -0.4 is 5.32 Å². The van der Waals surface area contributed by atoms with Crippen LogP contribution in [0.25, 0.3) is 10.6 Å². The summed E-state index contributed by atoms with van der Waals surface area (Å²) in [6.45, 7) is 0.447. The van der Waals surface area contributed by atoms with E-state index in [0.29, 0.717) is 33.7 Å². The van der Waals surface area contributed by atoms with E-state index < -0.39 is 0 Å². The molecule has 0 atom stereocenters. The number of nitrogens with zero attached hydrogens (tertiary/aromatic N) is 3. The van der Waals surface area contributed by atoms with Crippen molar-refractivity contribution in [3.63, 3.8) is 0 Å². The molecule has 2 heterocycles. The third-order valence-corrected chi connectivity index (χ3v) is 5.54. The number of hydrogen-bond donors (Lipinski definition) is 1. The number of carbonyl (C=O) groups is 1. The number of benzene rings is 2. The van der Waals surface area contributed by atoms with E-state index in [1.807, 2.05) is 24.3 Å². The van der Waals surface area contributed by atoms with E-state index in [0.717, 1.165) is 5.56 Å². The van der Waals surface area contributed by atoms with Crippen LogP contribution in [-0.4, -0.2) is 20.7 Å². The molecule has 29 heavy (non-hydrogen) atoms. The number of halogens is 2. The summed E-state index contributed by atoms with van der Waals surface area (Å²) < 4.78 is 15.1. The molecule has 0 spiro atoms. The van der Waals surface area contributed by atoms with Gasteiger partial charge in [0.05, 0.1) is 24.9 Å². The second-order valence-electron chi connectivity index (χ2n) is 6.34. The van der Waals surface area contributed by atoms with E-state index in [1.54, 1.807) is 34.5 Å². The third-order valence-electron chi connectivity index (χ3n) is 4.23. The molecular weight excluding hydrogens is 411 g/mol. The molecule has 8 heteroatoms. The van der Waals surface area contributed by atoms with Gasteiger partial charge in [-0.15, -0.1) is 11.3 Å². The highest BCUT2D eigenvalue weighted by Gasteiger charge is 2.12. The van der Waals surface area contributed by atoms with Crippen LogP contribution in [0.3, 0.4) is 0 Å². The Labute approximate surface area is 175 Å². The molecule has 0 bridgehead atoms. The fourth-order valence-corrected chi connectivity index (χ4v) is 3.86. The summed E-state index contributed by atoms with van der Waals surface area (Å²) in [5, 5.41) is 10.2. The standard InChI is InChI=1S/C21H16ClFN4OS/c22-18-7-2-1-4-15(18)12-27-19(8-9-24-27)26-20(28)11-17-13-29-21(25-17)14-5-3-6-16(23)10-14/h1-10,13H,11-12H2,(H,26,28). The summed E-state index contributed by atoms with van der Waals surface area (Å²) in [7, 11) is 0. The van der Waals surface area contributed by atoms with Crippen molar-refractivity contribution in [1.82, 2.24) is 14.8 Å². The van der Waals surface area contributed by atoms with Crippen LogP contribution in [0, 0.1) is 5.82 Å². The highest BCUT2D eigenvalue weighted by atomic mass is 35.5. The monoisotopic (exact) mass is 426 g/mol. The molecule has 0 aliphatic carbocycles. The van der Waals surface area contributed by atoms with Gasteiger partial charge in [-0.05, 0) is 23.8 Å². The van der Waals surface area contributed by atoms with Gasteiger partial charge < -0.3 is 5.32 Å². The van der Waals surface area contributed by atoms with Crippen LogP contribution in [0.2, 0.25) is 5.02 Å². The number of anilines is 1. The average Bonchev–Trinajstić information content (AvgIpc) is 3.33. The number of carbonyl (C=O) groups excluding carboxylic acids is 1. The molecule has 0 aliphatic rings. The topological polar surface area (TPSA) is 59.8 Å². The lowest BCUT2D eigenvalue weighted by Crippen LogP contribution is -2.18. The SMILES string of the molecule is O=C(Cc1csc(-c2cccc(F)c2)n1)Nc1ccnn1Cc1ccccc1Cl. The molecule has 5 nitrogen and oxygen atoms in total. The Hall–Kier alpha value is -3.03. The third kappa shape index (κ3) is 4.70. The van der Waals surface area contributed by atoms with E-state index in [1.165, 1.54) is 23.5 Å². The quantitative estimate of drug-likeness (QED) is 0.470. The van der Waals surface area contributed by atoms with Gasteiger partial charge >= 0.3 is 0 Å². The minimum absolute atomic E-state index is 0.114. The Morgan fingerprint density at radius 1 is 1.17 bits per heavy atom. The zero-order valence-corrected chi connectivity index (χ0v) is 16.8. The maximum Gasteiger partial charge on any atom is 0.231 e. The van der Waals surface area contributed by atoms with Gasteiger partial charge in [0.2, 0.25) is 5.91 Å². The molecule has 2 aromatic carbocycles. The van der Waals surface area contributed by atoms with E-state index in [4.69, 9.17) is 11.6 Å². The molecule has 0 unspecified atom stereocenters. The van der Waals surface area contributed by atoms with Crippen molar-refractivity contribution < 1.29 is 9.18 Å². The first kappa shape index (κ1) is 19.3. The van der Waals surface area contributed by atoms with Crippen molar-refractivity contribution in [2.24, 2.45) is 0 Å². The largest absolute Gasteiger partial charge is 0.311 e. The zero-order valence-electron chi connectivity index (χ0n) is 15.2. The number of aromatic nitrogens is 3. The first-order valence-electron chi connectivity index (χ1n) is 8.84. The predicted molar refractivity (Wildman–Crippen MR) is 113 cm³/mol. The molecule has 0 saturated heterocycles. The summed E-state index contributed by atoms with van der Waals surface area (Å²) in [4.78, 5) is 16.9. The van der Waals surface area contributed by atoms with Crippen LogP contribution in [0.5, 0.6) is 0 Å². The van der Waals surface area contributed by atoms with Gasteiger partial charge in [0, 0.05) is 22.0 Å². The number of rotatable bonds is 6. The van der Waals surface area contributed by atoms with E-state index in [-0.39, 0.29) is 18.1 Å². The summed E-state index contributed by atoms with van der Waals surface area (Å²) in [6, 6.07) is 15.5. The van der Waals surface area contributed by atoms with Crippen molar-refractivity contribution in [2.45, 2.75) is 13.0 Å². The van der Waals surface area contributed by atoms with Gasteiger partial charge in [-0.2, -0.15) is 5.10 Å². The van der Waals surface area contributed by atoms with E-state index in [2.05, 4.69) is 15.4 Å². The molecule has 0 fully saturated rings. The number of nitrogens with one attached hydrogen (secondary N) is 1.